The largest absolute Gasteiger partial charge is 0.316 e. The first-order valence-corrected chi connectivity index (χ1v) is 7.89. The molecule has 1 N–H and O–H groups in total. The normalized spacial score (nSPS) is 23.5. The predicted octanol–water partition coefficient (Wildman–Crippen LogP) is 1.05. The average Bonchev–Trinajstić information content (AvgIpc) is 2.29. The van der Waals surface area contributed by atoms with Crippen LogP contribution in [0.3, 0.4) is 0 Å². The van der Waals surface area contributed by atoms with E-state index in [2.05, 4.69) is 12.2 Å². The summed E-state index contributed by atoms with van der Waals surface area (Å²) in [5.41, 5.74) is 0. The van der Waals surface area contributed by atoms with Crippen LogP contribution in [0.15, 0.2) is 0 Å². The molecule has 4 nitrogen and oxygen atoms in total. The van der Waals surface area contributed by atoms with Crippen molar-refractivity contribution in [3.63, 3.8) is 0 Å². The molecule has 0 aromatic carbocycles. The lowest BCUT2D eigenvalue weighted by Crippen LogP contribution is -2.42. The number of sulfonamides is 1. The van der Waals surface area contributed by atoms with Crippen LogP contribution in [-0.2, 0) is 10.0 Å². The molecule has 0 radical (unpaired) electrons. The molecule has 0 aliphatic carbocycles. The second kappa shape index (κ2) is 6.57. The minimum absolute atomic E-state index is 0.233. The minimum Gasteiger partial charge on any atom is -0.316 e. The molecular formula is C11H24N2O2S. The zero-order valence-corrected chi connectivity index (χ0v) is 11.2. The highest BCUT2D eigenvalue weighted by Crippen LogP contribution is 2.21. The van der Waals surface area contributed by atoms with Gasteiger partial charge in [-0.25, -0.2) is 12.7 Å². The van der Waals surface area contributed by atoms with E-state index >= 15 is 0 Å². The summed E-state index contributed by atoms with van der Waals surface area (Å²) in [5, 5.41) is 3.06. The van der Waals surface area contributed by atoms with Crippen LogP contribution < -0.4 is 5.32 Å². The van der Waals surface area contributed by atoms with Crippen molar-refractivity contribution in [2.75, 3.05) is 31.9 Å². The molecular weight excluding hydrogens is 224 g/mol. The number of piperidine rings is 1. The number of hydrogen-bond acceptors (Lipinski definition) is 3. The Morgan fingerprint density at radius 2 is 2.12 bits per heavy atom. The van der Waals surface area contributed by atoms with Crippen molar-refractivity contribution in [2.45, 2.75) is 33.1 Å². The van der Waals surface area contributed by atoms with E-state index in [0.29, 0.717) is 19.0 Å². The SMILES string of the molecule is CCNCCS(=O)(=O)N1CCCC(CC)C1. The molecule has 0 spiro atoms. The van der Waals surface area contributed by atoms with Gasteiger partial charge in [-0.15, -0.1) is 0 Å². The lowest BCUT2D eigenvalue weighted by molar-refractivity contribution is 0.261. The van der Waals surface area contributed by atoms with E-state index in [0.717, 1.165) is 25.9 Å². The summed E-state index contributed by atoms with van der Waals surface area (Å²) in [5.74, 6) is 0.791. The van der Waals surface area contributed by atoms with Gasteiger partial charge in [0.2, 0.25) is 10.0 Å². The summed E-state index contributed by atoms with van der Waals surface area (Å²) in [6, 6.07) is 0. The Kier molecular flexibility index (Phi) is 5.72. The molecule has 0 saturated carbocycles. The molecule has 1 atom stereocenters. The van der Waals surface area contributed by atoms with Gasteiger partial charge in [0.05, 0.1) is 5.75 Å². The molecule has 5 heteroatoms. The fraction of sp³-hybridized carbons (Fsp3) is 1.00. The van der Waals surface area contributed by atoms with Gasteiger partial charge in [0, 0.05) is 19.6 Å². The average molecular weight is 248 g/mol. The van der Waals surface area contributed by atoms with E-state index in [1.165, 1.54) is 6.42 Å². The molecule has 0 aromatic heterocycles. The van der Waals surface area contributed by atoms with Gasteiger partial charge in [0.25, 0.3) is 0 Å². The fourth-order valence-corrected chi connectivity index (χ4v) is 3.63. The monoisotopic (exact) mass is 248 g/mol. The Hall–Kier alpha value is -0.130. The zero-order chi connectivity index (χ0) is 12.0. The standard InChI is InChI=1S/C11H24N2O2S/c1-3-11-6-5-8-13(10-11)16(14,15)9-7-12-4-2/h11-12H,3-10H2,1-2H3. The van der Waals surface area contributed by atoms with Crippen molar-refractivity contribution in [3.05, 3.63) is 0 Å². The second-order valence-electron chi connectivity index (χ2n) is 4.44. The van der Waals surface area contributed by atoms with E-state index in [-0.39, 0.29) is 5.75 Å². The van der Waals surface area contributed by atoms with Crippen molar-refractivity contribution in [1.29, 1.82) is 0 Å². The van der Waals surface area contributed by atoms with Crippen molar-refractivity contribution >= 4 is 10.0 Å². The molecule has 1 heterocycles. The van der Waals surface area contributed by atoms with E-state index < -0.39 is 10.0 Å². The van der Waals surface area contributed by atoms with Gasteiger partial charge >= 0.3 is 0 Å². The van der Waals surface area contributed by atoms with E-state index in [4.69, 9.17) is 0 Å². The predicted molar refractivity (Wildman–Crippen MR) is 66.9 cm³/mol. The number of nitrogens with one attached hydrogen (secondary N) is 1. The first-order valence-electron chi connectivity index (χ1n) is 6.28. The molecule has 1 unspecified atom stereocenters. The smallest absolute Gasteiger partial charge is 0.215 e. The van der Waals surface area contributed by atoms with Crippen molar-refractivity contribution in [1.82, 2.24) is 9.62 Å². The molecule has 1 rings (SSSR count). The summed E-state index contributed by atoms with van der Waals surface area (Å²) in [6.45, 7) is 6.95. The third-order valence-electron chi connectivity index (χ3n) is 3.24. The van der Waals surface area contributed by atoms with Gasteiger partial charge in [0.1, 0.15) is 0 Å². The maximum absolute atomic E-state index is 12.0. The van der Waals surface area contributed by atoms with Crippen LogP contribution in [-0.4, -0.2) is 44.7 Å². The summed E-state index contributed by atoms with van der Waals surface area (Å²) >= 11 is 0. The van der Waals surface area contributed by atoms with E-state index in [1.807, 2.05) is 6.92 Å². The lowest BCUT2D eigenvalue weighted by atomic mass is 9.97. The Morgan fingerprint density at radius 1 is 1.38 bits per heavy atom. The van der Waals surface area contributed by atoms with Gasteiger partial charge in [-0.1, -0.05) is 20.3 Å². The summed E-state index contributed by atoms with van der Waals surface area (Å²) in [4.78, 5) is 0. The van der Waals surface area contributed by atoms with Crippen LogP contribution >= 0.6 is 0 Å². The topological polar surface area (TPSA) is 49.4 Å². The molecule has 1 aliphatic rings. The van der Waals surface area contributed by atoms with E-state index in [1.54, 1.807) is 4.31 Å². The molecule has 1 fully saturated rings. The van der Waals surface area contributed by atoms with Crippen LogP contribution in [0.5, 0.6) is 0 Å². The van der Waals surface area contributed by atoms with Crippen LogP contribution in [0, 0.1) is 5.92 Å². The molecule has 0 bridgehead atoms. The Bertz CT molecular complexity index is 290. The third kappa shape index (κ3) is 4.03. The quantitative estimate of drug-likeness (QED) is 0.715. The fourth-order valence-electron chi connectivity index (χ4n) is 2.12. The van der Waals surface area contributed by atoms with Crippen molar-refractivity contribution < 1.29 is 8.42 Å². The molecule has 0 amide bonds. The van der Waals surface area contributed by atoms with E-state index in [9.17, 15) is 8.42 Å². The molecule has 0 aromatic rings. The Morgan fingerprint density at radius 3 is 2.75 bits per heavy atom. The van der Waals surface area contributed by atoms with Crippen LogP contribution in [0.2, 0.25) is 0 Å². The summed E-state index contributed by atoms with van der Waals surface area (Å²) in [7, 11) is -3.03. The molecule has 1 saturated heterocycles. The Balaban J connectivity index is 2.47. The molecule has 96 valence electrons. The minimum atomic E-state index is -3.03. The van der Waals surface area contributed by atoms with Gasteiger partial charge in [-0.3, -0.25) is 0 Å². The summed E-state index contributed by atoms with van der Waals surface area (Å²) < 4.78 is 25.7. The zero-order valence-electron chi connectivity index (χ0n) is 10.4. The first-order chi connectivity index (χ1) is 7.60. The summed E-state index contributed by atoms with van der Waals surface area (Å²) in [6.07, 6.45) is 3.27. The van der Waals surface area contributed by atoms with Gasteiger partial charge in [0.15, 0.2) is 0 Å². The maximum Gasteiger partial charge on any atom is 0.215 e. The number of rotatable bonds is 6. The highest BCUT2D eigenvalue weighted by atomic mass is 32.2. The van der Waals surface area contributed by atoms with Crippen LogP contribution in [0.1, 0.15) is 33.1 Å². The second-order valence-corrected chi connectivity index (χ2v) is 6.53. The van der Waals surface area contributed by atoms with Crippen molar-refractivity contribution in [3.8, 4) is 0 Å². The molecule has 16 heavy (non-hydrogen) atoms. The third-order valence-corrected chi connectivity index (χ3v) is 5.08. The number of hydrogen-bond donors (Lipinski definition) is 1. The lowest BCUT2D eigenvalue weighted by Gasteiger charge is -2.31. The van der Waals surface area contributed by atoms with Gasteiger partial charge in [-0.05, 0) is 25.3 Å². The highest BCUT2D eigenvalue weighted by molar-refractivity contribution is 7.89. The highest BCUT2D eigenvalue weighted by Gasteiger charge is 2.27. The van der Waals surface area contributed by atoms with Crippen LogP contribution in [0.4, 0.5) is 0 Å². The number of nitrogens with zero attached hydrogens (tertiary/aromatic N) is 1. The molecule has 1 aliphatic heterocycles. The maximum atomic E-state index is 12.0. The Labute approximate surface area is 99.5 Å². The first kappa shape index (κ1) is 13.9. The van der Waals surface area contributed by atoms with Crippen LogP contribution in [0.25, 0.3) is 0 Å². The van der Waals surface area contributed by atoms with Gasteiger partial charge < -0.3 is 5.32 Å². The van der Waals surface area contributed by atoms with Crippen molar-refractivity contribution in [2.24, 2.45) is 5.92 Å². The van der Waals surface area contributed by atoms with Gasteiger partial charge in [-0.2, -0.15) is 0 Å².